The number of aromatic nitrogens is 1. The zero-order valence-corrected chi connectivity index (χ0v) is 17.1. The van der Waals surface area contributed by atoms with Crippen LogP contribution in [0.15, 0.2) is 47.4 Å². The third kappa shape index (κ3) is 3.27. The second-order valence-electron chi connectivity index (χ2n) is 8.90. The van der Waals surface area contributed by atoms with E-state index in [1.165, 1.54) is 6.20 Å². The van der Waals surface area contributed by atoms with Gasteiger partial charge in [-0.1, -0.05) is 24.3 Å². The van der Waals surface area contributed by atoms with E-state index in [1.54, 1.807) is 10.6 Å². The minimum Gasteiger partial charge on any atom is -0.449 e. The van der Waals surface area contributed by atoms with Gasteiger partial charge in [-0.05, 0) is 32.9 Å². The molecule has 1 aliphatic heterocycles. The van der Waals surface area contributed by atoms with Crippen molar-refractivity contribution in [3.63, 3.8) is 0 Å². The topological polar surface area (TPSA) is 97.8 Å². The molecular formula is C22H24FN3O4. The number of ether oxygens (including phenoxy) is 1. The van der Waals surface area contributed by atoms with Crippen molar-refractivity contribution in [3.8, 4) is 5.75 Å². The number of allylic oxidation sites excluding steroid dienone is 2. The number of nitrogens with two attached hydrogens (primary N) is 1. The molecule has 7 nitrogen and oxygen atoms in total. The van der Waals surface area contributed by atoms with Gasteiger partial charge in [-0.25, -0.2) is 9.18 Å². The molecule has 3 N–H and O–H groups in total. The number of nitrogens with zero attached hydrogens (tertiary/aromatic N) is 2. The second-order valence-corrected chi connectivity index (χ2v) is 8.90. The predicted molar refractivity (Wildman–Crippen MR) is 113 cm³/mol. The lowest BCUT2D eigenvalue weighted by Gasteiger charge is -2.28. The molecule has 2 unspecified atom stereocenters. The quantitative estimate of drug-likeness (QED) is 0.734. The van der Waals surface area contributed by atoms with Crippen LogP contribution in [0.4, 0.5) is 14.9 Å². The number of benzene rings is 1. The lowest BCUT2D eigenvalue weighted by molar-refractivity contribution is 0.143. The molecule has 1 fully saturated rings. The summed E-state index contributed by atoms with van der Waals surface area (Å²) < 4.78 is 21.5. The number of rotatable bonds is 2. The van der Waals surface area contributed by atoms with Gasteiger partial charge < -0.3 is 25.0 Å². The Morgan fingerprint density at radius 2 is 2.07 bits per heavy atom. The maximum atomic E-state index is 15.2. The molecule has 1 aromatic heterocycles. The first-order valence-electron chi connectivity index (χ1n) is 9.70. The van der Waals surface area contributed by atoms with Crippen molar-refractivity contribution in [1.29, 1.82) is 0 Å². The number of pyridine rings is 1. The minimum atomic E-state index is -1.60. The van der Waals surface area contributed by atoms with Crippen LogP contribution in [-0.2, 0) is 5.54 Å². The fourth-order valence-electron chi connectivity index (χ4n) is 4.23. The van der Waals surface area contributed by atoms with Gasteiger partial charge in [0.1, 0.15) is 5.82 Å². The monoisotopic (exact) mass is 413 g/mol. The van der Waals surface area contributed by atoms with E-state index < -0.39 is 28.5 Å². The van der Waals surface area contributed by atoms with E-state index in [4.69, 9.17) is 10.8 Å². The Labute approximate surface area is 172 Å². The van der Waals surface area contributed by atoms with Gasteiger partial charge in [0, 0.05) is 24.5 Å². The summed E-state index contributed by atoms with van der Waals surface area (Å²) in [5, 5.41) is 9.01. The molecule has 1 aromatic carbocycles. The number of carbonyl (C=O) groups is 1. The number of halogens is 1. The normalized spacial score (nSPS) is 23.1. The highest BCUT2D eigenvalue weighted by Gasteiger charge is 2.42. The van der Waals surface area contributed by atoms with Crippen molar-refractivity contribution in [2.45, 2.75) is 31.8 Å². The fourth-order valence-corrected chi connectivity index (χ4v) is 4.23. The van der Waals surface area contributed by atoms with Crippen molar-refractivity contribution in [2.24, 2.45) is 11.7 Å². The average molecular weight is 413 g/mol. The predicted octanol–water partition coefficient (Wildman–Crippen LogP) is 3.21. The maximum Gasteiger partial charge on any atom is 0.511 e. The third-order valence-corrected chi connectivity index (χ3v) is 5.73. The molecule has 0 radical (unpaired) electrons. The summed E-state index contributed by atoms with van der Waals surface area (Å²) in [6.07, 6.45) is 7.57. The maximum absolute atomic E-state index is 15.2. The number of carboxylic acid groups (broad SMARTS) is 1. The first-order valence-corrected chi connectivity index (χ1v) is 9.70. The molecule has 0 spiro atoms. The van der Waals surface area contributed by atoms with Crippen LogP contribution in [0.25, 0.3) is 10.9 Å². The molecular weight excluding hydrogens is 389 g/mol. The van der Waals surface area contributed by atoms with E-state index in [9.17, 15) is 9.59 Å². The van der Waals surface area contributed by atoms with E-state index >= 15 is 4.39 Å². The molecule has 8 heteroatoms. The molecule has 2 aromatic rings. The smallest absolute Gasteiger partial charge is 0.449 e. The Balaban J connectivity index is 1.89. The van der Waals surface area contributed by atoms with E-state index in [2.05, 4.69) is 4.74 Å². The molecule has 1 saturated heterocycles. The summed E-state index contributed by atoms with van der Waals surface area (Å²) in [6.45, 7) is 6.71. The van der Waals surface area contributed by atoms with Crippen LogP contribution in [0.5, 0.6) is 5.75 Å². The summed E-state index contributed by atoms with van der Waals surface area (Å²) in [5.74, 6) is -0.864. The van der Waals surface area contributed by atoms with Gasteiger partial charge in [0.15, 0.2) is 5.75 Å². The van der Waals surface area contributed by atoms with Gasteiger partial charge in [-0.2, -0.15) is 0 Å². The Bertz CT molecular complexity index is 1160. The first kappa shape index (κ1) is 20.2. The van der Waals surface area contributed by atoms with Crippen LogP contribution in [0, 0.1) is 11.7 Å². The fraction of sp³-hybridized carbons (Fsp3) is 0.364. The largest absolute Gasteiger partial charge is 0.511 e. The van der Waals surface area contributed by atoms with E-state index in [1.807, 2.05) is 50.0 Å². The van der Waals surface area contributed by atoms with Gasteiger partial charge in [0.25, 0.3) is 0 Å². The SMILES string of the molecule is CC(C)(C)n1cc(OC(=O)O)c(=O)c2cc(F)c(N3CC4C=CC=CC4(N)C3)cc21. The highest BCUT2D eigenvalue weighted by molar-refractivity contribution is 5.85. The van der Waals surface area contributed by atoms with Gasteiger partial charge in [0.05, 0.1) is 28.3 Å². The molecule has 4 rings (SSSR count). The standard InChI is InChI=1S/C22H24FN3O4/c1-21(2,3)26-11-18(30-20(28)29)19(27)14-8-15(23)17(9-16(14)26)25-10-13-6-4-5-7-22(13,24)12-25/h4-9,11,13H,10,12,24H2,1-3H3,(H,28,29). The zero-order valence-electron chi connectivity index (χ0n) is 17.1. The summed E-state index contributed by atoms with van der Waals surface area (Å²) in [6, 6.07) is 2.79. The second kappa shape index (κ2) is 6.70. The van der Waals surface area contributed by atoms with Crippen molar-refractivity contribution < 1.29 is 19.0 Å². The molecule has 0 saturated carbocycles. The van der Waals surface area contributed by atoms with E-state index in [0.29, 0.717) is 24.3 Å². The van der Waals surface area contributed by atoms with Crippen LogP contribution in [0.1, 0.15) is 20.8 Å². The van der Waals surface area contributed by atoms with Crippen molar-refractivity contribution in [2.75, 3.05) is 18.0 Å². The molecule has 0 amide bonds. The van der Waals surface area contributed by atoms with Crippen LogP contribution < -0.4 is 20.8 Å². The molecule has 2 heterocycles. The molecule has 2 aliphatic rings. The lowest BCUT2D eigenvalue weighted by Crippen LogP contribution is -2.46. The number of fused-ring (bicyclic) bond motifs is 2. The van der Waals surface area contributed by atoms with Crippen molar-refractivity contribution in [1.82, 2.24) is 4.57 Å². The van der Waals surface area contributed by atoms with Gasteiger partial charge in [0.2, 0.25) is 5.43 Å². The van der Waals surface area contributed by atoms with Crippen LogP contribution >= 0.6 is 0 Å². The summed E-state index contributed by atoms with van der Waals surface area (Å²) in [5.41, 5.74) is 5.60. The van der Waals surface area contributed by atoms with E-state index in [0.717, 1.165) is 6.07 Å². The Hall–Kier alpha value is -3.13. The number of hydrogen-bond acceptors (Lipinski definition) is 5. The zero-order chi connectivity index (χ0) is 21.8. The lowest BCUT2D eigenvalue weighted by atomic mass is 9.85. The highest BCUT2D eigenvalue weighted by Crippen LogP contribution is 2.37. The molecule has 0 bridgehead atoms. The van der Waals surface area contributed by atoms with Crippen LogP contribution in [0.3, 0.4) is 0 Å². The van der Waals surface area contributed by atoms with Gasteiger partial charge in [-0.15, -0.1) is 0 Å². The van der Waals surface area contributed by atoms with Gasteiger partial charge >= 0.3 is 6.16 Å². The van der Waals surface area contributed by atoms with E-state index in [-0.39, 0.29) is 17.1 Å². The Kier molecular flexibility index (Phi) is 4.50. The number of anilines is 1. The van der Waals surface area contributed by atoms with Crippen LogP contribution in [-0.4, -0.2) is 34.5 Å². The molecule has 158 valence electrons. The first-order chi connectivity index (χ1) is 14.0. The molecule has 30 heavy (non-hydrogen) atoms. The third-order valence-electron chi connectivity index (χ3n) is 5.73. The summed E-state index contributed by atoms with van der Waals surface area (Å²) in [7, 11) is 0. The highest BCUT2D eigenvalue weighted by atomic mass is 19.1. The Morgan fingerprint density at radius 1 is 1.33 bits per heavy atom. The summed E-state index contributed by atoms with van der Waals surface area (Å²) in [4.78, 5) is 25.6. The van der Waals surface area contributed by atoms with Gasteiger partial charge in [-0.3, -0.25) is 4.79 Å². The molecule has 1 aliphatic carbocycles. The molecule has 2 atom stereocenters. The summed E-state index contributed by atoms with van der Waals surface area (Å²) >= 11 is 0. The van der Waals surface area contributed by atoms with Crippen LogP contribution in [0.2, 0.25) is 0 Å². The van der Waals surface area contributed by atoms with Crippen molar-refractivity contribution in [3.05, 3.63) is 58.7 Å². The Morgan fingerprint density at radius 3 is 2.70 bits per heavy atom. The average Bonchev–Trinajstić information content (AvgIpc) is 2.99. The van der Waals surface area contributed by atoms with Crippen molar-refractivity contribution >= 4 is 22.7 Å². The minimum absolute atomic E-state index is 0.0591. The number of hydrogen-bond donors (Lipinski definition) is 2.